The maximum atomic E-state index is 5.96. The smallest absolute Gasteiger partial charge is 0.123 e. The lowest BCUT2D eigenvalue weighted by atomic mass is 10.0. The second kappa shape index (κ2) is 7.74. The van der Waals surface area contributed by atoms with Crippen LogP contribution >= 0.6 is 0 Å². The minimum absolute atomic E-state index is 0.463. The molecule has 0 heterocycles. The summed E-state index contributed by atoms with van der Waals surface area (Å²) < 4.78 is 11.1. The Morgan fingerprint density at radius 3 is 2.41 bits per heavy atom. The number of ether oxygens (including phenoxy) is 2. The van der Waals surface area contributed by atoms with Gasteiger partial charge in [-0.2, -0.15) is 0 Å². The van der Waals surface area contributed by atoms with Crippen LogP contribution in [-0.2, 0) is 0 Å². The van der Waals surface area contributed by atoms with Crippen molar-refractivity contribution in [3.05, 3.63) is 53.6 Å². The van der Waals surface area contributed by atoms with Crippen LogP contribution < -0.4 is 14.8 Å². The molecule has 22 heavy (non-hydrogen) atoms. The Kier molecular flexibility index (Phi) is 5.70. The molecule has 0 spiro atoms. The Balaban J connectivity index is 1.87. The van der Waals surface area contributed by atoms with E-state index in [9.17, 15) is 0 Å². The third-order valence-corrected chi connectivity index (χ3v) is 3.57. The monoisotopic (exact) mass is 299 g/mol. The lowest BCUT2D eigenvalue weighted by Crippen LogP contribution is -2.12. The molecule has 2 rings (SSSR count). The van der Waals surface area contributed by atoms with Gasteiger partial charge in [0, 0.05) is 12.2 Å². The zero-order chi connectivity index (χ0) is 15.9. The van der Waals surface area contributed by atoms with Crippen LogP contribution in [0.1, 0.15) is 30.9 Å². The van der Waals surface area contributed by atoms with Gasteiger partial charge in [-0.15, -0.1) is 0 Å². The molecule has 0 amide bonds. The Labute approximate surface area is 133 Å². The summed E-state index contributed by atoms with van der Waals surface area (Å²) >= 11 is 0. The van der Waals surface area contributed by atoms with Crippen LogP contribution in [0.15, 0.2) is 42.5 Å². The molecular formula is C19H25NO2. The molecule has 0 unspecified atom stereocenters. The van der Waals surface area contributed by atoms with Crippen molar-refractivity contribution in [1.82, 2.24) is 0 Å². The highest BCUT2D eigenvalue weighted by molar-refractivity contribution is 5.46. The van der Waals surface area contributed by atoms with Gasteiger partial charge in [0.15, 0.2) is 0 Å². The molecular weight excluding hydrogens is 274 g/mol. The molecule has 1 N–H and O–H groups in total. The predicted molar refractivity (Wildman–Crippen MR) is 92.2 cm³/mol. The molecule has 118 valence electrons. The second-order valence-corrected chi connectivity index (χ2v) is 5.70. The summed E-state index contributed by atoms with van der Waals surface area (Å²) in [6, 6.07) is 14.3. The molecule has 0 aliphatic carbocycles. The van der Waals surface area contributed by atoms with Crippen molar-refractivity contribution in [3.8, 4) is 11.5 Å². The maximum Gasteiger partial charge on any atom is 0.123 e. The van der Waals surface area contributed by atoms with Gasteiger partial charge in [-0.05, 0) is 54.3 Å². The van der Waals surface area contributed by atoms with E-state index in [2.05, 4.69) is 44.3 Å². The summed E-state index contributed by atoms with van der Waals surface area (Å²) in [5.74, 6) is 2.32. The minimum Gasteiger partial charge on any atom is -0.497 e. The topological polar surface area (TPSA) is 30.5 Å². The number of benzene rings is 2. The molecule has 0 atom stereocenters. The van der Waals surface area contributed by atoms with Crippen LogP contribution in [0.5, 0.6) is 11.5 Å². The van der Waals surface area contributed by atoms with Crippen molar-refractivity contribution in [2.24, 2.45) is 0 Å². The molecule has 0 bridgehead atoms. The number of methoxy groups -OCH3 is 1. The summed E-state index contributed by atoms with van der Waals surface area (Å²) in [5, 5.41) is 3.35. The lowest BCUT2D eigenvalue weighted by Gasteiger charge is -2.15. The van der Waals surface area contributed by atoms with E-state index in [4.69, 9.17) is 9.47 Å². The fourth-order valence-electron chi connectivity index (χ4n) is 2.31. The van der Waals surface area contributed by atoms with Gasteiger partial charge in [0.05, 0.1) is 7.11 Å². The Morgan fingerprint density at radius 1 is 1.05 bits per heavy atom. The molecule has 3 nitrogen and oxygen atoms in total. The molecule has 0 aliphatic rings. The van der Waals surface area contributed by atoms with Crippen LogP contribution in [0.3, 0.4) is 0 Å². The highest BCUT2D eigenvalue weighted by atomic mass is 16.5. The van der Waals surface area contributed by atoms with Crippen LogP contribution in [0, 0.1) is 6.92 Å². The van der Waals surface area contributed by atoms with Crippen molar-refractivity contribution in [1.29, 1.82) is 0 Å². The van der Waals surface area contributed by atoms with E-state index in [0.29, 0.717) is 12.5 Å². The van der Waals surface area contributed by atoms with Gasteiger partial charge < -0.3 is 14.8 Å². The highest BCUT2D eigenvalue weighted by Crippen LogP contribution is 2.27. The summed E-state index contributed by atoms with van der Waals surface area (Å²) in [4.78, 5) is 0. The van der Waals surface area contributed by atoms with E-state index in [1.54, 1.807) is 7.11 Å². The molecule has 3 heteroatoms. The van der Waals surface area contributed by atoms with E-state index in [1.165, 1.54) is 11.1 Å². The van der Waals surface area contributed by atoms with Crippen molar-refractivity contribution in [3.63, 3.8) is 0 Å². The van der Waals surface area contributed by atoms with Crippen LogP contribution in [0.2, 0.25) is 0 Å². The number of nitrogens with one attached hydrogen (secondary N) is 1. The zero-order valence-corrected chi connectivity index (χ0v) is 13.8. The van der Waals surface area contributed by atoms with Gasteiger partial charge in [-0.25, -0.2) is 0 Å². The molecule has 0 saturated heterocycles. The fourth-order valence-corrected chi connectivity index (χ4v) is 2.31. The molecule has 0 radical (unpaired) electrons. The summed E-state index contributed by atoms with van der Waals surface area (Å²) in [5.41, 5.74) is 3.55. The van der Waals surface area contributed by atoms with Crippen molar-refractivity contribution >= 4 is 5.69 Å². The van der Waals surface area contributed by atoms with Crippen molar-refractivity contribution in [2.75, 3.05) is 25.6 Å². The van der Waals surface area contributed by atoms with Gasteiger partial charge in [0.1, 0.15) is 18.1 Å². The first-order chi connectivity index (χ1) is 10.6. The molecule has 2 aromatic carbocycles. The quantitative estimate of drug-likeness (QED) is 0.757. The summed E-state index contributed by atoms with van der Waals surface area (Å²) in [7, 11) is 1.67. The van der Waals surface area contributed by atoms with E-state index >= 15 is 0 Å². The molecule has 0 saturated carbocycles. The number of hydrogen-bond acceptors (Lipinski definition) is 3. The average molecular weight is 299 g/mol. The Bertz CT molecular complexity index is 591. The van der Waals surface area contributed by atoms with E-state index in [0.717, 1.165) is 23.7 Å². The SMILES string of the molecule is COc1ccc(NCCOc2cc(C)ccc2C(C)C)cc1. The normalized spacial score (nSPS) is 10.6. The van der Waals surface area contributed by atoms with E-state index < -0.39 is 0 Å². The average Bonchev–Trinajstić information content (AvgIpc) is 2.52. The third-order valence-electron chi connectivity index (χ3n) is 3.57. The van der Waals surface area contributed by atoms with E-state index in [-0.39, 0.29) is 0 Å². The first kappa shape index (κ1) is 16.2. The minimum atomic E-state index is 0.463. The second-order valence-electron chi connectivity index (χ2n) is 5.70. The lowest BCUT2D eigenvalue weighted by molar-refractivity contribution is 0.328. The first-order valence-corrected chi connectivity index (χ1v) is 7.71. The fraction of sp³-hybridized carbons (Fsp3) is 0.368. The van der Waals surface area contributed by atoms with Crippen LogP contribution in [0.25, 0.3) is 0 Å². The number of aryl methyl sites for hydroxylation is 1. The van der Waals surface area contributed by atoms with E-state index in [1.807, 2.05) is 24.3 Å². The highest BCUT2D eigenvalue weighted by Gasteiger charge is 2.07. The van der Waals surface area contributed by atoms with Gasteiger partial charge >= 0.3 is 0 Å². The molecule has 0 aromatic heterocycles. The standard InChI is InChI=1S/C19H25NO2/c1-14(2)18-10-5-15(3)13-19(18)22-12-11-20-16-6-8-17(21-4)9-7-16/h5-10,13-14,20H,11-12H2,1-4H3. The molecule has 0 fully saturated rings. The van der Waals surface area contributed by atoms with Crippen LogP contribution in [0.4, 0.5) is 5.69 Å². The van der Waals surface area contributed by atoms with Crippen molar-refractivity contribution < 1.29 is 9.47 Å². The first-order valence-electron chi connectivity index (χ1n) is 7.71. The summed E-state index contributed by atoms with van der Waals surface area (Å²) in [6.07, 6.45) is 0. The third kappa shape index (κ3) is 4.42. The maximum absolute atomic E-state index is 5.96. The Hall–Kier alpha value is -2.16. The largest absolute Gasteiger partial charge is 0.497 e. The number of hydrogen-bond donors (Lipinski definition) is 1. The number of anilines is 1. The summed E-state index contributed by atoms with van der Waals surface area (Å²) in [6.45, 7) is 7.86. The Morgan fingerprint density at radius 2 is 1.77 bits per heavy atom. The number of rotatable bonds is 7. The van der Waals surface area contributed by atoms with Crippen molar-refractivity contribution in [2.45, 2.75) is 26.7 Å². The van der Waals surface area contributed by atoms with Gasteiger partial charge in [0.25, 0.3) is 0 Å². The van der Waals surface area contributed by atoms with Gasteiger partial charge in [-0.3, -0.25) is 0 Å². The zero-order valence-electron chi connectivity index (χ0n) is 13.8. The van der Waals surface area contributed by atoms with Gasteiger partial charge in [-0.1, -0.05) is 26.0 Å². The predicted octanol–water partition coefficient (Wildman–Crippen LogP) is 4.62. The van der Waals surface area contributed by atoms with Crippen LogP contribution in [-0.4, -0.2) is 20.3 Å². The molecule has 0 aliphatic heterocycles. The van der Waals surface area contributed by atoms with Gasteiger partial charge in [0.2, 0.25) is 0 Å². The molecule has 2 aromatic rings.